The number of methoxy groups -OCH3 is 2. The molecular formula is C26H26BrN3O4. The van der Waals surface area contributed by atoms with Gasteiger partial charge in [0.1, 0.15) is 24.1 Å². The van der Waals surface area contributed by atoms with E-state index in [0.717, 1.165) is 15.7 Å². The van der Waals surface area contributed by atoms with Crippen LogP contribution in [0.1, 0.15) is 11.6 Å². The lowest BCUT2D eigenvalue weighted by molar-refractivity contribution is -0.128. The van der Waals surface area contributed by atoms with E-state index in [0.29, 0.717) is 22.9 Å². The second kappa shape index (κ2) is 9.77. The second-order valence-corrected chi connectivity index (χ2v) is 9.01. The summed E-state index contributed by atoms with van der Waals surface area (Å²) >= 11 is 3.44. The highest BCUT2D eigenvalue weighted by Crippen LogP contribution is 2.39. The first-order valence-electron chi connectivity index (χ1n) is 10.7. The van der Waals surface area contributed by atoms with Crippen LogP contribution in [0.25, 0.3) is 0 Å². The lowest BCUT2D eigenvalue weighted by Crippen LogP contribution is -2.56. The molecule has 4 rings (SSSR count). The van der Waals surface area contributed by atoms with Crippen molar-refractivity contribution >= 4 is 44.8 Å². The molecule has 0 N–H and O–H groups in total. The van der Waals surface area contributed by atoms with Gasteiger partial charge in [0, 0.05) is 36.0 Å². The number of carbonyl (C=O) groups is 2. The molecule has 3 aromatic rings. The Kier molecular flexibility index (Phi) is 6.79. The van der Waals surface area contributed by atoms with Crippen LogP contribution in [0.3, 0.4) is 0 Å². The lowest BCUT2D eigenvalue weighted by atomic mass is 9.98. The van der Waals surface area contributed by atoms with Crippen LogP contribution in [0.2, 0.25) is 0 Å². The fraction of sp³-hybridized carbons (Fsp3) is 0.231. The smallest absolute Gasteiger partial charge is 0.255 e. The zero-order chi connectivity index (χ0) is 24.4. The summed E-state index contributed by atoms with van der Waals surface area (Å²) in [6.45, 7) is -0.120. The highest BCUT2D eigenvalue weighted by molar-refractivity contribution is 9.10. The van der Waals surface area contributed by atoms with Gasteiger partial charge in [-0.3, -0.25) is 19.4 Å². The summed E-state index contributed by atoms with van der Waals surface area (Å²) in [6, 6.07) is 19.4. The molecule has 0 radical (unpaired) electrons. The van der Waals surface area contributed by atoms with Crippen LogP contribution in [0.15, 0.2) is 71.2 Å². The van der Waals surface area contributed by atoms with E-state index in [9.17, 15) is 9.59 Å². The maximum Gasteiger partial charge on any atom is 0.255 e. The number of hydrogen-bond donors (Lipinski definition) is 0. The Labute approximate surface area is 207 Å². The Morgan fingerprint density at radius 1 is 0.912 bits per heavy atom. The van der Waals surface area contributed by atoms with Crippen LogP contribution in [0, 0.1) is 0 Å². The molecule has 1 unspecified atom stereocenters. The summed E-state index contributed by atoms with van der Waals surface area (Å²) in [7, 11) is 7.00. The predicted molar refractivity (Wildman–Crippen MR) is 137 cm³/mol. The number of carbonyl (C=O) groups excluding carboxylic acids is 2. The van der Waals surface area contributed by atoms with Gasteiger partial charge in [-0.2, -0.15) is 0 Å². The van der Waals surface area contributed by atoms with E-state index in [1.165, 1.54) is 12.0 Å². The van der Waals surface area contributed by atoms with E-state index < -0.39 is 6.04 Å². The van der Waals surface area contributed by atoms with E-state index in [1.54, 1.807) is 30.2 Å². The van der Waals surface area contributed by atoms with Crippen LogP contribution in [-0.4, -0.2) is 46.7 Å². The molecular weight excluding hydrogens is 498 g/mol. The molecule has 1 aliphatic rings. The molecule has 0 aromatic heterocycles. The summed E-state index contributed by atoms with van der Waals surface area (Å²) in [6.07, 6.45) is 0. The highest BCUT2D eigenvalue weighted by atomic mass is 79.9. The maximum atomic E-state index is 14.0. The van der Waals surface area contributed by atoms with E-state index in [1.807, 2.05) is 67.5 Å². The summed E-state index contributed by atoms with van der Waals surface area (Å²) in [5.41, 5.74) is 2.87. The van der Waals surface area contributed by atoms with Gasteiger partial charge >= 0.3 is 0 Å². The van der Waals surface area contributed by atoms with Gasteiger partial charge in [0.25, 0.3) is 5.91 Å². The molecule has 2 amide bonds. The Balaban J connectivity index is 1.83. The van der Waals surface area contributed by atoms with Gasteiger partial charge in [-0.25, -0.2) is 0 Å². The molecule has 1 saturated heterocycles. The fourth-order valence-electron chi connectivity index (χ4n) is 4.04. The van der Waals surface area contributed by atoms with Gasteiger partial charge in [0.05, 0.1) is 19.9 Å². The topological polar surface area (TPSA) is 62.3 Å². The van der Waals surface area contributed by atoms with Gasteiger partial charge in [0.15, 0.2) is 0 Å². The Morgan fingerprint density at radius 2 is 1.59 bits per heavy atom. The number of halogens is 1. The molecule has 176 valence electrons. The third kappa shape index (κ3) is 4.46. The lowest BCUT2D eigenvalue weighted by Gasteiger charge is -2.41. The molecule has 1 fully saturated rings. The first kappa shape index (κ1) is 23.6. The first-order valence-corrected chi connectivity index (χ1v) is 11.5. The molecule has 0 spiro atoms. The minimum atomic E-state index is -0.838. The second-order valence-electron chi connectivity index (χ2n) is 8.09. The van der Waals surface area contributed by atoms with Crippen LogP contribution >= 0.6 is 15.9 Å². The van der Waals surface area contributed by atoms with Crippen molar-refractivity contribution < 1.29 is 19.1 Å². The molecule has 34 heavy (non-hydrogen) atoms. The maximum absolute atomic E-state index is 14.0. The minimum absolute atomic E-state index is 0.120. The van der Waals surface area contributed by atoms with E-state index in [4.69, 9.17) is 9.47 Å². The zero-order valence-electron chi connectivity index (χ0n) is 19.5. The average molecular weight is 524 g/mol. The number of amides is 2. The van der Waals surface area contributed by atoms with Gasteiger partial charge in [-0.05, 0) is 54.1 Å². The predicted octanol–water partition coefficient (Wildman–Crippen LogP) is 4.65. The van der Waals surface area contributed by atoms with Crippen molar-refractivity contribution in [2.24, 2.45) is 0 Å². The van der Waals surface area contributed by atoms with E-state index >= 15 is 0 Å². The molecule has 1 aliphatic heterocycles. The Morgan fingerprint density at radius 3 is 2.18 bits per heavy atom. The van der Waals surface area contributed by atoms with Crippen LogP contribution in [-0.2, 0) is 9.59 Å². The third-order valence-corrected chi connectivity index (χ3v) is 6.36. The van der Waals surface area contributed by atoms with Crippen LogP contribution in [0.5, 0.6) is 11.5 Å². The van der Waals surface area contributed by atoms with Gasteiger partial charge in [-0.1, -0.05) is 28.1 Å². The number of ether oxygens (including phenoxy) is 2. The summed E-state index contributed by atoms with van der Waals surface area (Å²) in [4.78, 5) is 32.6. The Hall–Kier alpha value is -3.52. The zero-order valence-corrected chi connectivity index (χ0v) is 21.1. The summed E-state index contributed by atoms with van der Waals surface area (Å²) in [5.74, 6) is 0.624. The van der Waals surface area contributed by atoms with E-state index in [2.05, 4.69) is 15.9 Å². The van der Waals surface area contributed by atoms with Crippen LogP contribution in [0.4, 0.5) is 17.1 Å². The monoisotopic (exact) mass is 523 g/mol. The molecule has 1 heterocycles. The number of nitrogens with zero attached hydrogens (tertiary/aromatic N) is 3. The van der Waals surface area contributed by atoms with Crippen molar-refractivity contribution in [2.75, 3.05) is 49.6 Å². The average Bonchev–Trinajstić information content (AvgIpc) is 2.85. The number of piperazine rings is 1. The fourth-order valence-corrected chi connectivity index (χ4v) is 4.31. The highest BCUT2D eigenvalue weighted by Gasteiger charge is 2.42. The van der Waals surface area contributed by atoms with Crippen molar-refractivity contribution in [3.05, 3.63) is 76.8 Å². The number of rotatable bonds is 6. The third-order valence-electron chi connectivity index (χ3n) is 5.83. The van der Waals surface area contributed by atoms with Crippen molar-refractivity contribution in [3.8, 4) is 11.5 Å². The molecule has 7 nitrogen and oxygen atoms in total. The standard InChI is InChI=1S/C26H26BrN3O4/c1-28(2)19-9-5-17(6-10-19)25-26(32)29(22-15-21(33-3)13-14-23(22)34-4)16-24(31)30(25)20-11-7-18(27)8-12-20/h5-15,25H,16H2,1-4H3. The van der Waals surface area contributed by atoms with Gasteiger partial charge in [0.2, 0.25) is 5.91 Å². The number of hydrogen-bond acceptors (Lipinski definition) is 5. The molecule has 0 bridgehead atoms. The summed E-state index contributed by atoms with van der Waals surface area (Å²) < 4.78 is 11.8. The molecule has 0 saturated carbocycles. The summed E-state index contributed by atoms with van der Waals surface area (Å²) in [5, 5.41) is 0. The van der Waals surface area contributed by atoms with Crippen molar-refractivity contribution in [1.82, 2.24) is 0 Å². The van der Waals surface area contributed by atoms with Crippen molar-refractivity contribution in [2.45, 2.75) is 6.04 Å². The first-order chi connectivity index (χ1) is 16.3. The van der Waals surface area contributed by atoms with Gasteiger partial charge < -0.3 is 14.4 Å². The van der Waals surface area contributed by atoms with Crippen molar-refractivity contribution in [1.29, 1.82) is 0 Å². The minimum Gasteiger partial charge on any atom is -0.497 e. The molecule has 1 atom stereocenters. The van der Waals surface area contributed by atoms with Crippen molar-refractivity contribution in [3.63, 3.8) is 0 Å². The number of anilines is 3. The largest absolute Gasteiger partial charge is 0.497 e. The van der Waals surface area contributed by atoms with E-state index in [-0.39, 0.29) is 18.4 Å². The molecule has 0 aliphatic carbocycles. The molecule has 8 heteroatoms. The quantitative estimate of drug-likeness (QED) is 0.470. The van der Waals surface area contributed by atoms with Crippen LogP contribution < -0.4 is 24.2 Å². The Bertz CT molecular complexity index is 1200. The molecule has 3 aromatic carbocycles. The van der Waals surface area contributed by atoms with Gasteiger partial charge in [-0.15, -0.1) is 0 Å². The number of benzene rings is 3. The SMILES string of the molecule is COc1ccc(OC)c(N2CC(=O)N(c3ccc(Br)cc3)C(c3ccc(N(C)C)cc3)C2=O)c1. The normalized spacial score (nSPS) is 16.0.